The smallest absolute Gasteiger partial charge is 0.142 e. The standard InChI is InChI=1S/C21H14ClN5/c22-13-7-8-15-19(10-13)24-12-16(20(15)25-14-4-3-9-23-11-14)21-26-17-5-1-2-6-18(17)27-21/h1-12H,(H,24,25)(H,26,27). The Morgan fingerprint density at radius 3 is 2.70 bits per heavy atom. The highest BCUT2D eigenvalue weighted by atomic mass is 35.5. The van der Waals surface area contributed by atoms with Gasteiger partial charge in [-0.2, -0.15) is 0 Å². The first-order valence-electron chi connectivity index (χ1n) is 8.48. The minimum absolute atomic E-state index is 0.652. The molecule has 0 aliphatic rings. The number of hydrogen-bond acceptors (Lipinski definition) is 4. The molecule has 0 atom stereocenters. The zero-order valence-corrected chi connectivity index (χ0v) is 14.9. The Labute approximate surface area is 160 Å². The highest BCUT2D eigenvalue weighted by Crippen LogP contribution is 2.35. The van der Waals surface area contributed by atoms with Crippen molar-refractivity contribution in [3.8, 4) is 11.4 Å². The van der Waals surface area contributed by atoms with Crippen molar-refractivity contribution in [1.29, 1.82) is 0 Å². The SMILES string of the molecule is Clc1ccc2c(Nc3cccnc3)c(-c3nc4ccccc4[nH]3)cnc2c1. The number of pyridine rings is 2. The minimum atomic E-state index is 0.652. The summed E-state index contributed by atoms with van der Waals surface area (Å²) in [5, 5.41) is 5.08. The largest absolute Gasteiger partial charge is 0.353 e. The van der Waals surface area contributed by atoms with Gasteiger partial charge in [0.25, 0.3) is 0 Å². The van der Waals surface area contributed by atoms with E-state index in [1.807, 2.05) is 60.8 Å². The molecule has 0 saturated carbocycles. The van der Waals surface area contributed by atoms with Crippen molar-refractivity contribution in [1.82, 2.24) is 19.9 Å². The molecule has 3 heterocycles. The lowest BCUT2D eigenvalue weighted by atomic mass is 10.1. The van der Waals surface area contributed by atoms with E-state index in [0.717, 1.165) is 44.7 Å². The van der Waals surface area contributed by atoms with Gasteiger partial charge in [-0.25, -0.2) is 4.98 Å². The van der Waals surface area contributed by atoms with Crippen molar-refractivity contribution in [2.75, 3.05) is 5.32 Å². The van der Waals surface area contributed by atoms with E-state index in [1.165, 1.54) is 0 Å². The molecule has 0 saturated heterocycles. The van der Waals surface area contributed by atoms with Crippen molar-refractivity contribution in [3.63, 3.8) is 0 Å². The van der Waals surface area contributed by atoms with Gasteiger partial charge in [0.05, 0.1) is 39.7 Å². The van der Waals surface area contributed by atoms with Crippen molar-refractivity contribution >= 4 is 44.9 Å². The Bertz CT molecular complexity index is 1230. The number of H-pyrrole nitrogens is 1. The third-order valence-corrected chi connectivity index (χ3v) is 4.64. The van der Waals surface area contributed by atoms with Crippen LogP contribution in [0.3, 0.4) is 0 Å². The summed E-state index contributed by atoms with van der Waals surface area (Å²) >= 11 is 6.15. The van der Waals surface area contributed by atoms with Gasteiger partial charge in [0.15, 0.2) is 0 Å². The molecule has 0 fully saturated rings. The third-order valence-electron chi connectivity index (χ3n) is 4.41. The first-order valence-corrected chi connectivity index (χ1v) is 8.86. The Kier molecular flexibility index (Phi) is 3.73. The zero-order valence-electron chi connectivity index (χ0n) is 14.1. The van der Waals surface area contributed by atoms with Crippen LogP contribution in [0.15, 0.2) is 73.2 Å². The fourth-order valence-electron chi connectivity index (χ4n) is 3.14. The third kappa shape index (κ3) is 2.88. The predicted molar refractivity (Wildman–Crippen MR) is 109 cm³/mol. The molecule has 3 aromatic heterocycles. The Hall–Kier alpha value is -3.44. The number of aromatic nitrogens is 4. The monoisotopic (exact) mass is 371 g/mol. The number of aromatic amines is 1. The van der Waals surface area contributed by atoms with Crippen molar-refractivity contribution in [2.45, 2.75) is 0 Å². The van der Waals surface area contributed by atoms with Gasteiger partial charge >= 0.3 is 0 Å². The molecule has 0 bridgehead atoms. The molecule has 5 nitrogen and oxygen atoms in total. The van der Waals surface area contributed by atoms with Crippen molar-refractivity contribution in [3.05, 3.63) is 78.2 Å². The molecule has 130 valence electrons. The molecule has 0 aliphatic carbocycles. The number of rotatable bonds is 3. The van der Waals surface area contributed by atoms with E-state index in [-0.39, 0.29) is 0 Å². The van der Waals surface area contributed by atoms with Gasteiger partial charge in [0.2, 0.25) is 0 Å². The van der Waals surface area contributed by atoms with E-state index in [0.29, 0.717) is 5.02 Å². The van der Waals surface area contributed by atoms with Crippen LogP contribution in [0.2, 0.25) is 5.02 Å². The molecule has 0 radical (unpaired) electrons. The summed E-state index contributed by atoms with van der Waals surface area (Å²) < 4.78 is 0. The number of anilines is 2. The quantitative estimate of drug-likeness (QED) is 0.435. The molecule has 5 rings (SSSR count). The van der Waals surface area contributed by atoms with Crippen LogP contribution >= 0.6 is 11.6 Å². The lowest BCUT2D eigenvalue weighted by Gasteiger charge is -2.13. The van der Waals surface area contributed by atoms with Crippen molar-refractivity contribution in [2.24, 2.45) is 0 Å². The molecular weight excluding hydrogens is 358 g/mol. The zero-order chi connectivity index (χ0) is 18.2. The average Bonchev–Trinajstić information content (AvgIpc) is 3.12. The van der Waals surface area contributed by atoms with Crippen LogP contribution in [0, 0.1) is 0 Å². The number of hydrogen-bond donors (Lipinski definition) is 2. The first-order chi connectivity index (χ1) is 13.3. The molecule has 2 aromatic carbocycles. The second kappa shape index (κ2) is 6.37. The number of fused-ring (bicyclic) bond motifs is 2. The Morgan fingerprint density at radius 1 is 0.926 bits per heavy atom. The summed E-state index contributed by atoms with van der Waals surface area (Å²) in [4.78, 5) is 16.9. The second-order valence-electron chi connectivity index (χ2n) is 6.18. The van der Waals surface area contributed by atoms with E-state index in [9.17, 15) is 0 Å². The summed E-state index contributed by atoms with van der Waals surface area (Å²) in [5.74, 6) is 0.756. The number of halogens is 1. The van der Waals surface area contributed by atoms with Crippen LogP contribution in [-0.4, -0.2) is 19.9 Å². The number of para-hydroxylation sites is 2. The van der Waals surface area contributed by atoms with Gasteiger partial charge in [-0.05, 0) is 42.5 Å². The van der Waals surface area contributed by atoms with Gasteiger partial charge in [-0.1, -0.05) is 23.7 Å². The van der Waals surface area contributed by atoms with Gasteiger partial charge < -0.3 is 10.3 Å². The summed E-state index contributed by atoms with van der Waals surface area (Å²) in [6.07, 6.45) is 5.34. The highest BCUT2D eigenvalue weighted by Gasteiger charge is 2.15. The summed E-state index contributed by atoms with van der Waals surface area (Å²) in [6, 6.07) is 17.5. The van der Waals surface area contributed by atoms with E-state index in [1.54, 1.807) is 12.4 Å². The molecule has 0 spiro atoms. The summed E-state index contributed by atoms with van der Waals surface area (Å²) in [7, 11) is 0. The summed E-state index contributed by atoms with van der Waals surface area (Å²) in [6.45, 7) is 0. The van der Waals surface area contributed by atoms with Crippen LogP contribution in [0.25, 0.3) is 33.3 Å². The van der Waals surface area contributed by atoms with E-state index in [4.69, 9.17) is 16.6 Å². The van der Waals surface area contributed by atoms with Crippen molar-refractivity contribution < 1.29 is 0 Å². The van der Waals surface area contributed by atoms with Gasteiger partial charge in [-0.15, -0.1) is 0 Å². The first kappa shape index (κ1) is 15.8. The van der Waals surface area contributed by atoms with Crippen LogP contribution in [-0.2, 0) is 0 Å². The fourth-order valence-corrected chi connectivity index (χ4v) is 3.31. The number of benzene rings is 2. The van der Waals surface area contributed by atoms with Gasteiger partial charge in [0, 0.05) is 22.8 Å². The lowest BCUT2D eigenvalue weighted by Crippen LogP contribution is -1.97. The van der Waals surface area contributed by atoms with E-state index in [2.05, 4.69) is 20.3 Å². The molecule has 27 heavy (non-hydrogen) atoms. The Balaban J connectivity index is 1.75. The van der Waals surface area contributed by atoms with E-state index < -0.39 is 0 Å². The maximum atomic E-state index is 6.15. The summed E-state index contributed by atoms with van der Waals surface area (Å²) in [5.41, 5.74) is 5.38. The topological polar surface area (TPSA) is 66.5 Å². The van der Waals surface area contributed by atoms with Crippen LogP contribution in [0.4, 0.5) is 11.4 Å². The highest BCUT2D eigenvalue weighted by molar-refractivity contribution is 6.31. The minimum Gasteiger partial charge on any atom is -0.353 e. The normalized spacial score (nSPS) is 11.1. The molecule has 6 heteroatoms. The molecule has 0 aliphatic heterocycles. The molecular formula is C21H14ClN5. The van der Waals surface area contributed by atoms with Crippen LogP contribution in [0.1, 0.15) is 0 Å². The number of imidazole rings is 1. The van der Waals surface area contributed by atoms with Crippen LogP contribution < -0.4 is 5.32 Å². The second-order valence-corrected chi connectivity index (χ2v) is 6.61. The maximum absolute atomic E-state index is 6.15. The Morgan fingerprint density at radius 2 is 1.85 bits per heavy atom. The van der Waals surface area contributed by atoms with E-state index >= 15 is 0 Å². The lowest BCUT2D eigenvalue weighted by molar-refractivity contribution is 1.29. The molecule has 5 aromatic rings. The average molecular weight is 372 g/mol. The van der Waals surface area contributed by atoms with Gasteiger partial charge in [-0.3, -0.25) is 9.97 Å². The fraction of sp³-hybridized carbons (Fsp3) is 0. The maximum Gasteiger partial charge on any atom is 0.142 e. The molecule has 0 unspecified atom stereocenters. The van der Waals surface area contributed by atoms with Gasteiger partial charge in [0.1, 0.15) is 5.82 Å². The molecule has 2 N–H and O–H groups in total. The van der Waals surface area contributed by atoms with Crippen LogP contribution in [0.5, 0.6) is 0 Å². The predicted octanol–water partition coefficient (Wildman–Crippen LogP) is 5.57. The number of nitrogens with zero attached hydrogens (tertiary/aromatic N) is 3. The molecule has 0 amide bonds. The number of nitrogens with one attached hydrogen (secondary N) is 2.